The minimum atomic E-state index is -1.07. The number of anilines is 1. The summed E-state index contributed by atoms with van der Waals surface area (Å²) in [5.74, 6) is -0.566. The number of pyridine rings is 1. The van der Waals surface area contributed by atoms with E-state index in [0.29, 0.717) is 45.1 Å². The van der Waals surface area contributed by atoms with Crippen LogP contribution in [0.25, 0.3) is 22.2 Å². The van der Waals surface area contributed by atoms with Crippen molar-refractivity contribution in [3.05, 3.63) is 149 Å². The van der Waals surface area contributed by atoms with E-state index in [1.807, 2.05) is 85.1 Å². The Hall–Kier alpha value is -5.98. The number of ketones is 1. The average Bonchev–Trinajstić information content (AvgIpc) is 3.87. The number of aromatic nitrogens is 4. The van der Waals surface area contributed by atoms with Crippen LogP contribution in [0.1, 0.15) is 39.7 Å². The number of aliphatic hydroxyl groups excluding tert-OH is 1. The quantitative estimate of drug-likeness (QED) is 0.0485. The fraction of sp³-hybridized carbons (Fsp3) is 0.146. The molecule has 0 radical (unpaired) electrons. The van der Waals surface area contributed by atoms with Gasteiger partial charge >= 0.3 is 5.91 Å². The molecule has 3 aromatic heterocycles. The lowest BCUT2D eigenvalue weighted by Crippen LogP contribution is -2.29. The van der Waals surface area contributed by atoms with E-state index in [2.05, 4.69) is 34.5 Å². The number of thioether (sulfide) groups is 1. The molecule has 4 aromatic carbocycles. The van der Waals surface area contributed by atoms with Crippen LogP contribution >= 0.6 is 23.1 Å². The van der Waals surface area contributed by atoms with Crippen molar-refractivity contribution in [3.8, 4) is 11.5 Å². The van der Waals surface area contributed by atoms with Crippen molar-refractivity contribution in [1.29, 1.82) is 0 Å². The second-order valence-electron chi connectivity index (χ2n) is 12.6. The lowest BCUT2D eigenvalue weighted by molar-refractivity contribution is -0.132. The predicted octanol–water partition coefficient (Wildman–Crippen LogP) is 8.46. The van der Waals surface area contributed by atoms with Crippen LogP contribution in [0.4, 0.5) is 5.13 Å². The molecule has 4 heterocycles. The van der Waals surface area contributed by atoms with Gasteiger partial charge in [0.25, 0.3) is 5.78 Å². The van der Waals surface area contributed by atoms with E-state index < -0.39 is 17.7 Å². The van der Waals surface area contributed by atoms with Gasteiger partial charge < -0.3 is 19.0 Å². The Morgan fingerprint density at radius 3 is 2.51 bits per heavy atom. The summed E-state index contributed by atoms with van der Waals surface area (Å²) in [6.45, 7) is 4.04. The maximum atomic E-state index is 14.1. The minimum absolute atomic E-state index is 0.112. The van der Waals surface area contributed by atoms with Crippen molar-refractivity contribution < 1.29 is 24.2 Å². The Labute approximate surface area is 313 Å². The third-order valence-corrected chi connectivity index (χ3v) is 11.4. The first-order chi connectivity index (χ1) is 25.8. The number of fused-ring (bicyclic) bond motifs is 2. The predicted molar refractivity (Wildman–Crippen MR) is 207 cm³/mol. The number of benzene rings is 4. The SMILES string of the molecule is COc1cc(C2C(=C(O)c3nc4c(C)cccn4c3C)C(=O)C(=O)N2c2nnc(SCc3cccc4ccccc34)s2)ccc1OCc1ccccc1. The number of amides is 1. The number of aliphatic hydroxyl groups is 1. The molecule has 1 aliphatic heterocycles. The first kappa shape index (κ1) is 34.1. The summed E-state index contributed by atoms with van der Waals surface area (Å²) >= 11 is 2.71. The van der Waals surface area contributed by atoms with Gasteiger partial charge in [-0.25, -0.2) is 4.98 Å². The third-order valence-electron chi connectivity index (χ3n) is 9.33. The van der Waals surface area contributed by atoms with Crippen molar-refractivity contribution in [2.75, 3.05) is 12.0 Å². The van der Waals surface area contributed by atoms with Crippen LogP contribution in [0.5, 0.6) is 11.5 Å². The molecule has 1 fully saturated rings. The molecule has 7 aromatic rings. The summed E-state index contributed by atoms with van der Waals surface area (Å²) in [6.07, 6.45) is 1.84. The molecule has 0 aliphatic carbocycles. The van der Waals surface area contributed by atoms with Gasteiger partial charge in [0.05, 0.1) is 24.4 Å². The average molecular weight is 740 g/mol. The van der Waals surface area contributed by atoms with Gasteiger partial charge in [0.15, 0.2) is 21.6 Å². The Balaban J connectivity index is 1.19. The zero-order valence-corrected chi connectivity index (χ0v) is 30.6. The summed E-state index contributed by atoms with van der Waals surface area (Å²) in [7, 11) is 1.53. The second-order valence-corrected chi connectivity index (χ2v) is 14.7. The van der Waals surface area contributed by atoms with Crippen LogP contribution in [0.15, 0.2) is 119 Å². The fourth-order valence-electron chi connectivity index (χ4n) is 6.64. The van der Waals surface area contributed by atoms with Gasteiger partial charge in [-0.2, -0.15) is 0 Å². The lowest BCUT2D eigenvalue weighted by Gasteiger charge is -2.23. The van der Waals surface area contributed by atoms with Crippen LogP contribution in [0, 0.1) is 13.8 Å². The fourth-order valence-corrected chi connectivity index (χ4v) is 8.52. The van der Waals surface area contributed by atoms with E-state index >= 15 is 0 Å². The smallest absolute Gasteiger partial charge is 0.301 e. The molecule has 1 N–H and O–H groups in total. The van der Waals surface area contributed by atoms with Crippen LogP contribution in [-0.4, -0.2) is 43.5 Å². The van der Waals surface area contributed by atoms with Crippen LogP contribution in [0.2, 0.25) is 0 Å². The summed E-state index contributed by atoms with van der Waals surface area (Å²) < 4.78 is 14.3. The minimum Gasteiger partial charge on any atom is -0.505 e. The van der Waals surface area contributed by atoms with Gasteiger partial charge in [-0.15, -0.1) is 10.2 Å². The first-order valence-corrected chi connectivity index (χ1v) is 18.7. The number of methoxy groups -OCH3 is 1. The van der Waals surface area contributed by atoms with Gasteiger partial charge in [0.2, 0.25) is 5.13 Å². The molecular weight excluding hydrogens is 707 g/mol. The molecular formula is C41H33N5O5S2. The van der Waals surface area contributed by atoms with Gasteiger partial charge in [-0.1, -0.05) is 108 Å². The summed E-state index contributed by atoms with van der Waals surface area (Å²) in [6, 6.07) is 32.1. The maximum Gasteiger partial charge on any atom is 0.301 e. The molecule has 264 valence electrons. The molecule has 53 heavy (non-hydrogen) atoms. The maximum absolute atomic E-state index is 14.1. The third kappa shape index (κ3) is 6.30. The summed E-state index contributed by atoms with van der Waals surface area (Å²) in [5, 5.41) is 23.3. The normalized spacial score (nSPS) is 15.5. The van der Waals surface area contributed by atoms with E-state index in [1.54, 1.807) is 18.2 Å². The molecule has 1 unspecified atom stereocenters. The van der Waals surface area contributed by atoms with Gasteiger partial charge in [-0.05, 0) is 65.1 Å². The van der Waals surface area contributed by atoms with Gasteiger partial charge in [0.1, 0.15) is 17.9 Å². The first-order valence-electron chi connectivity index (χ1n) is 16.9. The highest BCUT2D eigenvalue weighted by Gasteiger charge is 2.49. The largest absolute Gasteiger partial charge is 0.505 e. The molecule has 10 nitrogen and oxygen atoms in total. The monoisotopic (exact) mass is 739 g/mol. The van der Waals surface area contributed by atoms with E-state index in [0.717, 1.165) is 27.5 Å². The molecule has 1 atom stereocenters. The lowest BCUT2D eigenvalue weighted by atomic mass is 9.96. The number of hydrogen-bond donors (Lipinski definition) is 1. The van der Waals surface area contributed by atoms with Crippen LogP contribution < -0.4 is 14.4 Å². The van der Waals surface area contributed by atoms with Crippen molar-refractivity contribution in [1.82, 2.24) is 19.6 Å². The van der Waals surface area contributed by atoms with Gasteiger partial charge in [-0.3, -0.25) is 14.5 Å². The zero-order chi connectivity index (χ0) is 36.6. The number of ether oxygens (including phenoxy) is 2. The number of carbonyl (C=O) groups excluding carboxylic acids is 2. The molecule has 8 rings (SSSR count). The highest BCUT2D eigenvalue weighted by molar-refractivity contribution is 8.00. The number of nitrogens with zero attached hydrogens (tertiary/aromatic N) is 5. The number of carbonyl (C=O) groups is 2. The van der Waals surface area contributed by atoms with Crippen LogP contribution in [0.3, 0.4) is 0 Å². The second kappa shape index (κ2) is 14.2. The molecule has 0 bridgehead atoms. The number of Topliss-reactive ketones (excluding diaryl/α,β-unsaturated/α-hetero) is 1. The number of imidazole rings is 1. The summed E-state index contributed by atoms with van der Waals surface area (Å²) in [4.78, 5) is 34.1. The van der Waals surface area contributed by atoms with Gasteiger partial charge in [0, 0.05) is 11.9 Å². The van der Waals surface area contributed by atoms with Crippen molar-refractivity contribution in [2.45, 2.75) is 36.6 Å². The molecule has 1 aliphatic rings. The highest BCUT2D eigenvalue weighted by Crippen LogP contribution is 2.46. The van der Waals surface area contributed by atoms with Crippen molar-refractivity contribution in [2.24, 2.45) is 0 Å². The highest BCUT2D eigenvalue weighted by atomic mass is 32.2. The van der Waals surface area contributed by atoms with E-state index in [-0.39, 0.29) is 22.2 Å². The Bertz CT molecular complexity index is 2560. The summed E-state index contributed by atoms with van der Waals surface area (Å²) in [5.41, 5.74) is 4.88. The van der Waals surface area contributed by atoms with Crippen molar-refractivity contribution >= 4 is 62.1 Å². The molecule has 12 heteroatoms. The zero-order valence-electron chi connectivity index (χ0n) is 29.0. The number of rotatable bonds is 10. The van der Waals surface area contributed by atoms with E-state index in [9.17, 15) is 14.7 Å². The molecule has 0 spiro atoms. The topological polar surface area (TPSA) is 119 Å². The van der Waals surface area contributed by atoms with E-state index in [1.165, 1.54) is 35.1 Å². The number of hydrogen-bond acceptors (Lipinski definition) is 10. The number of aryl methyl sites for hydroxylation is 2. The Morgan fingerprint density at radius 1 is 0.906 bits per heavy atom. The Morgan fingerprint density at radius 2 is 1.70 bits per heavy atom. The van der Waals surface area contributed by atoms with Crippen LogP contribution in [-0.2, 0) is 21.9 Å². The van der Waals surface area contributed by atoms with E-state index in [4.69, 9.17) is 14.5 Å². The molecule has 1 amide bonds. The van der Waals surface area contributed by atoms with Crippen molar-refractivity contribution in [3.63, 3.8) is 0 Å². The molecule has 1 saturated heterocycles. The Kier molecular flexibility index (Phi) is 9.15. The standard InChI is InChI=1S/C41H33N5O5S2/c1-24-11-10-20-45-25(2)34(42-38(24)45)36(47)33-35(28-18-19-31(32(21-28)50-3)51-22-26-12-5-4-6-13-26)46(39(49)37(33)48)40-43-44-41(53-40)52-23-29-16-9-15-27-14-7-8-17-30(27)29/h4-21,35,47H,22-23H2,1-3H3. The molecule has 0 saturated carbocycles.